The molecule has 2 rings (SSSR count). The second kappa shape index (κ2) is 4.17. The molecule has 0 saturated carbocycles. The van der Waals surface area contributed by atoms with E-state index in [1.165, 1.54) is 0 Å². The van der Waals surface area contributed by atoms with E-state index >= 15 is 0 Å². The first-order valence-electron chi connectivity index (χ1n) is 5.19. The molecular weight excluding hydrogens is 186 g/mol. The van der Waals surface area contributed by atoms with Gasteiger partial charge in [0.25, 0.3) is 0 Å². The number of rotatable bonds is 3. The maximum atomic E-state index is 5.82. The van der Waals surface area contributed by atoms with E-state index in [1.54, 1.807) is 0 Å². The van der Waals surface area contributed by atoms with Crippen LogP contribution in [0.2, 0.25) is 0 Å². The highest BCUT2D eigenvalue weighted by atomic mass is 15.1. The average molecular weight is 201 g/mol. The molecule has 0 radical (unpaired) electrons. The summed E-state index contributed by atoms with van der Waals surface area (Å²) in [7, 11) is 0. The van der Waals surface area contributed by atoms with Gasteiger partial charge in [-0.25, -0.2) is 4.98 Å². The highest BCUT2D eigenvalue weighted by molar-refractivity contribution is 5.59. The number of aromatic nitrogens is 2. The van der Waals surface area contributed by atoms with E-state index < -0.39 is 0 Å². The Bertz CT molecular complexity index is 431. The Morgan fingerprint density at radius 1 is 1.27 bits per heavy atom. The molecular formula is C12H15N3. The average Bonchev–Trinajstić information content (AvgIpc) is 2.63. The molecule has 3 heteroatoms. The van der Waals surface area contributed by atoms with Gasteiger partial charge in [0, 0.05) is 18.3 Å². The van der Waals surface area contributed by atoms with Crippen LogP contribution in [0.15, 0.2) is 36.5 Å². The Kier molecular flexibility index (Phi) is 2.72. The van der Waals surface area contributed by atoms with Crippen molar-refractivity contribution < 1.29 is 0 Å². The Morgan fingerprint density at radius 2 is 2.00 bits per heavy atom. The summed E-state index contributed by atoms with van der Waals surface area (Å²) in [5.41, 5.74) is 7.87. The molecule has 0 fully saturated rings. The standard InChI is InChI=1S/C12H15N3/c1-2-8-15-9-11(14-12(15)13)10-6-4-3-5-7-10/h3-7,9H,2,8H2,1H3,(H2,13,14). The molecule has 0 aliphatic heterocycles. The number of imidazole rings is 1. The predicted octanol–water partition coefficient (Wildman–Crippen LogP) is 2.54. The third-order valence-corrected chi connectivity index (χ3v) is 2.34. The summed E-state index contributed by atoms with van der Waals surface area (Å²) in [4.78, 5) is 4.34. The quantitative estimate of drug-likeness (QED) is 0.829. The van der Waals surface area contributed by atoms with Crippen LogP contribution in [0.1, 0.15) is 13.3 Å². The number of nitrogens with zero attached hydrogens (tertiary/aromatic N) is 2. The van der Waals surface area contributed by atoms with E-state index in [4.69, 9.17) is 5.73 Å². The lowest BCUT2D eigenvalue weighted by Crippen LogP contribution is -2.00. The van der Waals surface area contributed by atoms with E-state index in [-0.39, 0.29) is 0 Å². The number of anilines is 1. The van der Waals surface area contributed by atoms with Crippen LogP contribution in [-0.2, 0) is 6.54 Å². The van der Waals surface area contributed by atoms with Crippen molar-refractivity contribution in [3.63, 3.8) is 0 Å². The fourth-order valence-electron chi connectivity index (χ4n) is 1.60. The first-order valence-corrected chi connectivity index (χ1v) is 5.19. The van der Waals surface area contributed by atoms with Gasteiger partial charge in [0.05, 0.1) is 5.69 Å². The van der Waals surface area contributed by atoms with Crippen LogP contribution in [0.3, 0.4) is 0 Å². The molecule has 1 aromatic carbocycles. The number of aryl methyl sites for hydroxylation is 1. The molecule has 0 amide bonds. The van der Waals surface area contributed by atoms with E-state index in [0.717, 1.165) is 24.2 Å². The SMILES string of the molecule is CCCn1cc(-c2ccccc2)nc1N. The van der Waals surface area contributed by atoms with E-state index in [1.807, 2.05) is 41.1 Å². The molecule has 0 aliphatic carbocycles. The van der Waals surface area contributed by atoms with Crippen LogP contribution in [0.25, 0.3) is 11.3 Å². The summed E-state index contributed by atoms with van der Waals surface area (Å²) in [6, 6.07) is 10.1. The summed E-state index contributed by atoms with van der Waals surface area (Å²) in [5, 5.41) is 0. The molecule has 0 saturated heterocycles. The van der Waals surface area contributed by atoms with Crippen molar-refractivity contribution in [1.29, 1.82) is 0 Å². The molecule has 15 heavy (non-hydrogen) atoms. The number of hydrogen-bond donors (Lipinski definition) is 1. The van der Waals surface area contributed by atoms with Crippen molar-refractivity contribution in [3.8, 4) is 11.3 Å². The minimum absolute atomic E-state index is 0.593. The van der Waals surface area contributed by atoms with Gasteiger partial charge >= 0.3 is 0 Å². The lowest BCUT2D eigenvalue weighted by atomic mass is 10.2. The number of hydrogen-bond acceptors (Lipinski definition) is 2. The largest absolute Gasteiger partial charge is 0.369 e. The van der Waals surface area contributed by atoms with Crippen molar-refractivity contribution in [1.82, 2.24) is 9.55 Å². The molecule has 0 unspecified atom stereocenters. The van der Waals surface area contributed by atoms with Crippen LogP contribution in [0.4, 0.5) is 5.95 Å². The van der Waals surface area contributed by atoms with Crippen molar-refractivity contribution in [2.24, 2.45) is 0 Å². The van der Waals surface area contributed by atoms with Crippen LogP contribution in [-0.4, -0.2) is 9.55 Å². The fraction of sp³-hybridized carbons (Fsp3) is 0.250. The van der Waals surface area contributed by atoms with Gasteiger partial charge in [-0.2, -0.15) is 0 Å². The van der Waals surface area contributed by atoms with E-state index in [0.29, 0.717) is 5.95 Å². The molecule has 0 aliphatic rings. The molecule has 0 atom stereocenters. The molecule has 0 bridgehead atoms. The predicted molar refractivity (Wildman–Crippen MR) is 62.4 cm³/mol. The molecule has 1 aromatic heterocycles. The summed E-state index contributed by atoms with van der Waals surface area (Å²) in [6.07, 6.45) is 3.07. The minimum atomic E-state index is 0.593. The highest BCUT2D eigenvalue weighted by Crippen LogP contribution is 2.19. The third kappa shape index (κ3) is 2.01. The molecule has 2 aromatic rings. The Hall–Kier alpha value is -1.77. The lowest BCUT2D eigenvalue weighted by molar-refractivity contribution is 0.688. The molecule has 2 N–H and O–H groups in total. The zero-order valence-corrected chi connectivity index (χ0v) is 8.85. The van der Waals surface area contributed by atoms with Gasteiger partial charge < -0.3 is 10.3 Å². The third-order valence-electron chi connectivity index (χ3n) is 2.34. The normalized spacial score (nSPS) is 10.5. The van der Waals surface area contributed by atoms with E-state index in [2.05, 4.69) is 11.9 Å². The van der Waals surface area contributed by atoms with E-state index in [9.17, 15) is 0 Å². The van der Waals surface area contributed by atoms with Crippen molar-refractivity contribution >= 4 is 5.95 Å². The number of nitrogens with two attached hydrogens (primary N) is 1. The molecule has 3 nitrogen and oxygen atoms in total. The topological polar surface area (TPSA) is 43.8 Å². The smallest absolute Gasteiger partial charge is 0.200 e. The van der Waals surface area contributed by atoms with Crippen LogP contribution >= 0.6 is 0 Å². The van der Waals surface area contributed by atoms with Gasteiger partial charge in [0.2, 0.25) is 5.95 Å². The lowest BCUT2D eigenvalue weighted by Gasteiger charge is -1.99. The van der Waals surface area contributed by atoms with Crippen LogP contribution in [0.5, 0.6) is 0 Å². The van der Waals surface area contributed by atoms with Gasteiger partial charge in [-0.05, 0) is 6.42 Å². The second-order valence-corrected chi connectivity index (χ2v) is 3.54. The summed E-state index contributed by atoms with van der Waals surface area (Å²) < 4.78 is 1.99. The summed E-state index contributed by atoms with van der Waals surface area (Å²) in [6.45, 7) is 3.05. The molecule has 78 valence electrons. The molecule has 0 spiro atoms. The monoisotopic (exact) mass is 201 g/mol. The first-order chi connectivity index (χ1) is 7.31. The minimum Gasteiger partial charge on any atom is -0.369 e. The van der Waals surface area contributed by atoms with Crippen molar-refractivity contribution in [3.05, 3.63) is 36.5 Å². The number of benzene rings is 1. The van der Waals surface area contributed by atoms with Gasteiger partial charge in [0.1, 0.15) is 0 Å². The zero-order chi connectivity index (χ0) is 10.7. The van der Waals surface area contributed by atoms with Crippen molar-refractivity contribution in [2.45, 2.75) is 19.9 Å². The maximum absolute atomic E-state index is 5.82. The fourth-order valence-corrected chi connectivity index (χ4v) is 1.60. The zero-order valence-electron chi connectivity index (χ0n) is 8.85. The molecule has 1 heterocycles. The second-order valence-electron chi connectivity index (χ2n) is 3.54. The van der Waals surface area contributed by atoms with Gasteiger partial charge in [-0.1, -0.05) is 37.3 Å². The Balaban J connectivity index is 2.34. The maximum Gasteiger partial charge on any atom is 0.200 e. The van der Waals surface area contributed by atoms with Crippen molar-refractivity contribution in [2.75, 3.05) is 5.73 Å². The highest BCUT2D eigenvalue weighted by Gasteiger charge is 2.05. The van der Waals surface area contributed by atoms with Gasteiger partial charge in [-0.15, -0.1) is 0 Å². The summed E-state index contributed by atoms with van der Waals surface area (Å²) in [5.74, 6) is 0.593. The van der Waals surface area contributed by atoms with Crippen LogP contribution in [0, 0.1) is 0 Å². The van der Waals surface area contributed by atoms with Crippen LogP contribution < -0.4 is 5.73 Å². The Labute approximate surface area is 89.6 Å². The summed E-state index contributed by atoms with van der Waals surface area (Å²) >= 11 is 0. The Morgan fingerprint density at radius 3 is 2.67 bits per heavy atom. The number of nitrogen functional groups attached to an aromatic ring is 1. The first kappa shape index (κ1) is 9.77. The van der Waals surface area contributed by atoms with Gasteiger partial charge in [0.15, 0.2) is 0 Å². The van der Waals surface area contributed by atoms with Gasteiger partial charge in [-0.3, -0.25) is 0 Å².